The number of methoxy groups -OCH3 is 1. The zero-order valence-corrected chi connectivity index (χ0v) is 6.94. The van der Waals surface area contributed by atoms with Crippen molar-refractivity contribution >= 4 is 28.9 Å². The van der Waals surface area contributed by atoms with Crippen LogP contribution in [0.25, 0.3) is 0 Å². The van der Waals surface area contributed by atoms with E-state index in [1.54, 1.807) is 0 Å². The van der Waals surface area contributed by atoms with Gasteiger partial charge < -0.3 is 4.74 Å². The molecule has 1 fully saturated rings. The summed E-state index contributed by atoms with van der Waals surface area (Å²) in [5.41, 5.74) is 0. The predicted octanol–water partition coefficient (Wildman–Crippen LogP) is 0.0263. The van der Waals surface area contributed by atoms with Gasteiger partial charge in [0.2, 0.25) is 0 Å². The van der Waals surface area contributed by atoms with Crippen LogP contribution in [0.5, 0.6) is 0 Å². The van der Waals surface area contributed by atoms with Gasteiger partial charge in [-0.15, -0.1) is 0 Å². The molecule has 0 spiro atoms. The van der Waals surface area contributed by atoms with Gasteiger partial charge in [0.15, 0.2) is 0 Å². The lowest BCUT2D eigenvalue weighted by atomic mass is 10.4. The zero-order valence-electron chi connectivity index (χ0n) is 6.12. The number of ether oxygens (including phenoxy) is 1. The monoisotopic (exact) mass is 187 g/mol. The first-order valence-corrected chi connectivity index (χ1v) is 3.78. The molecule has 0 aromatic rings. The Morgan fingerprint density at radius 2 is 2.25 bits per heavy atom. The van der Waals surface area contributed by atoms with Crippen molar-refractivity contribution in [1.29, 1.82) is 0 Å². The number of carbonyl (C=O) groups excluding carboxylic acids is 3. The SMILES string of the molecule is COC(=O)/C=C1/SC(=O)NC1=O. The largest absolute Gasteiger partial charge is 0.466 e. The van der Waals surface area contributed by atoms with Crippen LogP contribution in [0, 0.1) is 0 Å². The van der Waals surface area contributed by atoms with Crippen LogP contribution in [-0.4, -0.2) is 24.2 Å². The molecule has 1 rings (SSSR count). The molecule has 0 aromatic carbocycles. The molecule has 1 heterocycles. The minimum atomic E-state index is -0.651. The normalized spacial score (nSPS) is 19.6. The van der Waals surface area contributed by atoms with Crippen LogP contribution in [0.1, 0.15) is 0 Å². The average Bonchev–Trinajstić information content (AvgIpc) is 2.30. The highest BCUT2D eigenvalue weighted by Crippen LogP contribution is 2.22. The topological polar surface area (TPSA) is 72.5 Å². The van der Waals surface area contributed by atoms with E-state index in [2.05, 4.69) is 4.74 Å². The fraction of sp³-hybridized carbons (Fsp3) is 0.167. The Morgan fingerprint density at radius 1 is 1.58 bits per heavy atom. The van der Waals surface area contributed by atoms with Crippen molar-refractivity contribution < 1.29 is 19.1 Å². The summed E-state index contributed by atoms with van der Waals surface area (Å²) in [7, 11) is 1.19. The van der Waals surface area contributed by atoms with Crippen LogP contribution in [0.15, 0.2) is 11.0 Å². The van der Waals surface area contributed by atoms with Gasteiger partial charge in [-0.25, -0.2) is 4.79 Å². The highest BCUT2D eigenvalue weighted by atomic mass is 32.2. The quantitative estimate of drug-likeness (QED) is 0.463. The summed E-state index contributed by atoms with van der Waals surface area (Å²) >= 11 is 0.678. The third-order valence-electron chi connectivity index (χ3n) is 1.09. The molecule has 2 amide bonds. The van der Waals surface area contributed by atoms with Crippen molar-refractivity contribution in [2.24, 2.45) is 0 Å². The molecule has 0 bridgehead atoms. The number of hydrogen-bond donors (Lipinski definition) is 1. The molecule has 1 N–H and O–H groups in total. The molecule has 0 aliphatic carbocycles. The van der Waals surface area contributed by atoms with Gasteiger partial charge in [-0.3, -0.25) is 14.9 Å². The maximum absolute atomic E-state index is 10.8. The van der Waals surface area contributed by atoms with E-state index in [4.69, 9.17) is 0 Å². The first-order chi connectivity index (χ1) is 5.63. The Bertz CT molecular complexity index is 283. The minimum absolute atomic E-state index is 0.0619. The van der Waals surface area contributed by atoms with Gasteiger partial charge in [-0.05, 0) is 11.8 Å². The summed E-state index contributed by atoms with van der Waals surface area (Å²) in [5, 5.41) is 1.53. The standard InChI is InChI=1S/C6H5NO4S/c1-11-4(8)2-3-5(9)7-6(10)12-3/h2H,1H3,(H,7,9,10)/b3-2+. The van der Waals surface area contributed by atoms with E-state index in [0.29, 0.717) is 11.8 Å². The Hall–Kier alpha value is -1.30. The van der Waals surface area contributed by atoms with Gasteiger partial charge in [0.1, 0.15) is 0 Å². The van der Waals surface area contributed by atoms with Gasteiger partial charge >= 0.3 is 5.97 Å². The number of imide groups is 1. The van der Waals surface area contributed by atoms with Crippen LogP contribution in [-0.2, 0) is 14.3 Å². The van der Waals surface area contributed by atoms with Crippen LogP contribution in [0.3, 0.4) is 0 Å². The third-order valence-corrected chi connectivity index (χ3v) is 1.90. The smallest absolute Gasteiger partial charge is 0.331 e. The highest BCUT2D eigenvalue weighted by Gasteiger charge is 2.25. The van der Waals surface area contributed by atoms with Crippen molar-refractivity contribution in [2.75, 3.05) is 7.11 Å². The van der Waals surface area contributed by atoms with E-state index < -0.39 is 17.1 Å². The van der Waals surface area contributed by atoms with Gasteiger partial charge in [0.25, 0.3) is 11.1 Å². The van der Waals surface area contributed by atoms with E-state index in [-0.39, 0.29) is 4.91 Å². The molecule has 0 aromatic heterocycles. The second-order valence-corrected chi connectivity index (χ2v) is 2.89. The molecule has 12 heavy (non-hydrogen) atoms. The third kappa shape index (κ3) is 1.85. The van der Waals surface area contributed by atoms with E-state index in [1.807, 2.05) is 5.32 Å². The number of nitrogens with one attached hydrogen (secondary N) is 1. The van der Waals surface area contributed by atoms with Crippen molar-refractivity contribution in [3.05, 3.63) is 11.0 Å². The summed E-state index contributed by atoms with van der Waals surface area (Å²) in [5.74, 6) is -1.21. The molecule has 5 nitrogen and oxygen atoms in total. The Morgan fingerprint density at radius 3 is 2.67 bits per heavy atom. The molecule has 64 valence electrons. The zero-order chi connectivity index (χ0) is 9.14. The molecule has 0 atom stereocenters. The molecule has 1 aliphatic heterocycles. The fourth-order valence-corrected chi connectivity index (χ4v) is 1.23. The number of hydrogen-bond acceptors (Lipinski definition) is 5. The lowest BCUT2D eigenvalue weighted by Gasteiger charge is -1.90. The number of esters is 1. The molecule has 1 aliphatic rings. The Kier molecular flexibility index (Phi) is 2.49. The van der Waals surface area contributed by atoms with E-state index in [1.165, 1.54) is 7.11 Å². The predicted molar refractivity (Wildman–Crippen MR) is 41.2 cm³/mol. The van der Waals surface area contributed by atoms with Crippen molar-refractivity contribution in [3.63, 3.8) is 0 Å². The van der Waals surface area contributed by atoms with Crippen LogP contribution in [0.4, 0.5) is 4.79 Å². The van der Waals surface area contributed by atoms with Gasteiger partial charge in [0.05, 0.1) is 12.0 Å². The van der Waals surface area contributed by atoms with Gasteiger partial charge in [-0.1, -0.05) is 0 Å². The Balaban J connectivity index is 2.76. The molecular formula is C6H5NO4S. The highest BCUT2D eigenvalue weighted by molar-refractivity contribution is 8.18. The van der Waals surface area contributed by atoms with Crippen molar-refractivity contribution in [3.8, 4) is 0 Å². The average molecular weight is 187 g/mol. The van der Waals surface area contributed by atoms with E-state index in [9.17, 15) is 14.4 Å². The van der Waals surface area contributed by atoms with E-state index in [0.717, 1.165) is 6.08 Å². The number of amides is 2. The van der Waals surface area contributed by atoms with Gasteiger partial charge in [-0.2, -0.15) is 0 Å². The summed E-state index contributed by atoms with van der Waals surface area (Å²) in [6.45, 7) is 0. The molecule has 1 saturated heterocycles. The number of thioether (sulfide) groups is 1. The van der Waals surface area contributed by atoms with Crippen molar-refractivity contribution in [1.82, 2.24) is 5.32 Å². The second kappa shape index (κ2) is 3.40. The van der Waals surface area contributed by atoms with Crippen LogP contribution < -0.4 is 5.32 Å². The summed E-state index contributed by atoms with van der Waals surface area (Å²) in [6, 6.07) is 0. The summed E-state index contributed by atoms with van der Waals surface area (Å²) in [6.07, 6.45) is 0.977. The lowest BCUT2D eigenvalue weighted by Crippen LogP contribution is -2.18. The van der Waals surface area contributed by atoms with Crippen molar-refractivity contribution in [2.45, 2.75) is 0 Å². The summed E-state index contributed by atoms with van der Waals surface area (Å²) in [4.78, 5) is 32.1. The molecular weight excluding hydrogens is 182 g/mol. The number of rotatable bonds is 1. The summed E-state index contributed by atoms with van der Waals surface area (Å²) < 4.78 is 4.28. The minimum Gasteiger partial charge on any atom is -0.466 e. The second-order valence-electron chi connectivity index (χ2n) is 1.88. The van der Waals surface area contributed by atoms with E-state index >= 15 is 0 Å². The number of carbonyl (C=O) groups is 3. The first-order valence-electron chi connectivity index (χ1n) is 2.96. The molecule has 0 unspecified atom stereocenters. The van der Waals surface area contributed by atoms with Crippen LogP contribution in [0.2, 0.25) is 0 Å². The van der Waals surface area contributed by atoms with Gasteiger partial charge in [0, 0.05) is 6.08 Å². The first kappa shape index (κ1) is 8.79. The molecule has 6 heteroatoms. The lowest BCUT2D eigenvalue weighted by molar-refractivity contribution is -0.135. The fourth-order valence-electron chi connectivity index (χ4n) is 0.587. The Labute approximate surface area is 72.1 Å². The van der Waals surface area contributed by atoms with Crippen LogP contribution >= 0.6 is 11.8 Å². The molecule has 0 radical (unpaired) electrons. The maximum atomic E-state index is 10.8. The maximum Gasteiger partial charge on any atom is 0.331 e. The molecule has 0 saturated carbocycles.